The molecule has 1 aromatic rings. The molecule has 1 aromatic carbocycles. The molecular weight excluding hydrogens is 274 g/mol. The topological polar surface area (TPSA) is 55.4 Å². The molecular formula is C15H23NO3S. The van der Waals surface area contributed by atoms with Crippen LogP contribution in [0.4, 0.5) is 0 Å². The van der Waals surface area contributed by atoms with Gasteiger partial charge in [-0.3, -0.25) is 0 Å². The number of piperidine rings is 1. The number of ether oxygens (including phenoxy) is 1. The Hall–Kier alpha value is -1.07. The summed E-state index contributed by atoms with van der Waals surface area (Å²) in [6, 6.07) is 7.79. The predicted molar refractivity (Wildman–Crippen MR) is 81.0 cm³/mol. The van der Waals surface area contributed by atoms with E-state index in [0.29, 0.717) is 19.6 Å². The Morgan fingerprint density at radius 2 is 2.05 bits per heavy atom. The number of hydrogen-bond donors (Lipinski definition) is 1. The first-order chi connectivity index (χ1) is 9.58. The van der Waals surface area contributed by atoms with Crippen LogP contribution in [0, 0.1) is 6.92 Å². The molecule has 1 saturated heterocycles. The number of rotatable bonds is 6. The van der Waals surface area contributed by atoms with E-state index in [4.69, 9.17) is 4.74 Å². The van der Waals surface area contributed by atoms with Crippen molar-refractivity contribution in [2.24, 2.45) is 0 Å². The maximum atomic E-state index is 12.1. The Morgan fingerprint density at radius 3 is 2.70 bits per heavy atom. The molecule has 1 aliphatic rings. The van der Waals surface area contributed by atoms with Gasteiger partial charge in [0.2, 0.25) is 0 Å². The standard InChI is InChI=1S/C15H23NO3S/c1-13-5-7-14(8-6-13)19-10-3-11-20(17,18)15-4-2-9-16-12-15/h5-8,15-16H,2-4,9-12H2,1H3. The average molecular weight is 297 g/mol. The number of sulfone groups is 1. The lowest BCUT2D eigenvalue weighted by Crippen LogP contribution is -2.39. The fourth-order valence-corrected chi connectivity index (χ4v) is 4.13. The van der Waals surface area contributed by atoms with Crippen molar-refractivity contribution in [2.45, 2.75) is 31.4 Å². The van der Waals surface area contributed by atoms with E-state index in [0.717, 1.165) is 25.1 Å². The lowest BCUT2D eigenvalue weighted by molar-refractivity contribution is 0.317. The Bertz CT molecular complexity index is 504. The van der Waals surface area contributed by atoms with Gasteiger partial charge in [0.25, 0.3) is 0 Å². The van der Waals surface area contributed by atoms with Crippen LogP contribution in [0.25, 0.3) is 0 Å². The highest BCUT2D eigenvalue weighted by molar-refractivity contribution is 7.92. The lowest BCUT2D eigenvalue weighted by Gasteiger charge is -2.22. The predicted octanol–water partition coefficient (Wildman–Crippen LogP) is 1.93. The van der Waals surface area contributed by atoms with Crippen LogP contribution < -0.4 is 10.1 Å². The first kappa shape index (κ1) is 15.3. The molecule has 1 fully saturated rings. The Morgan fingerprint density at radius 1 is 1.30 bits per heavy atom. The third-order valence-electron chi connectivity index (χ3n) is 3.62. The molecule has 0 aromatic heterocycles. The molecule has 112 valence electrons. The van der Waals surface area contributed by atoms with Gasteiger partial charge in [0.15, 0.2) is 9.84 Å². The second-order valence-corrected chi connectivity index (χ2v) is 7.75. The Labute approximate surface area is 121 Å². The molecule has 0 spiro atoms. The summed E-state index contributed by atoms with van der Waals surface area (Å²) >= 11 is 0. The number of hydrogen-bond acceptors (Lipinski definition) is 4. The molecule has 20 heavy (non-hydrogen) atoms. The minimum Gasteiger partial charge on any atom is -0.494 e. The van der Waals surface area contributed by atoms with Gasteiger partial charge in [-0.2, -0.15) is 0 Å². The van der Waals surface area contributed by atoms with Crippen LogP contribution in [-0.2, 0) is 9.84 Å². The van der Waals surface area contributed by atoms with Crippen molar-refractivity contribution >= 4 is 9.84 Å². The van der Waals surface area contributed by atoms with E-state index in [2.05, 4.69) is 5.32 Å². The van der Waals surface area contributed by atoms with Gasteiger partial charge >= 0.3 is 0 Å². The van der Waals surface area contributed by atoms with Gasteiger partial charge < -0.3 is 10.1 Å². The van der Waals surface area contributed by atoms with E-state index in [9.17, 15) is 8.42 Å². The fraction of sp³-hybridized carbons (Fsp3) is 0.600. The van der Waals surface area contributed by atoms with Gasteiger partial charge in [0.1, 0.15) is 5.75 Å². The van der Waals surface area contributed by atoms with Gasteiger partial charge in [0.05, 0.1) is 17.6 Å². The highest BCUT2D eigenvalue weighted by Gasteiger charge is 2.26. The first-order valence-electron chi connectivity index (χ1n) is 7.20. The van der Waals surface area contributed by atoms with Crippen molar-refractivity contribution in [1.29, 1.82) is 0 Å². The molecule has 0 saturated carbocycles. The normalized spacial score (nSPS) is 19.8. The zero-order valence-electron chi connectivity index (χ0n) is 12.0. The van der Waals surface area contributed by atoms with E-state index >= 15 is 0 Å². The minimum atomic E-state index is -2.99. The zero-order valence-corrected chi connectivity index (χ0v) is 12.8. The van der Waals surface area contributed by atoms with Crippen molar-refractivity contribution < 1.29 is 13.2 Å². The van der Waals surface area contributed by atoms with Crippen molar-refractivity contribution in [2.75, 3.05) is 25.4 Å². The van der Waals surface area contributed by atoms with Crippen LogP contribution in [0.2, 0.25) is 0 Å². The monoisotopic (exact) mass is 297 g/mol. The Balaban J connectivity index is 1.73. The van der Waals surface area contributed by atoms with Crippen LogP contribution in [0.3, 0.4) is 0 Å². The van der Waals surface area contributed by atoms with Gasteiger partial charge in [-0.05, 0) is 44.9 Å². The SMILES string of the molecule is Cc1ccc(OCCCS(=O)(=O)C2CCCNC2)cc1. The van der Waals surface area contributed by atoms with Crippen LogP contribution >= 0.6 is 0 Å². The molecule has 0 bridgehead atoms. The van der Waals surface area contributed by atoms with Gasteiger partial charge in [0, 0.05) is 6.54 Å². The van der Waals surface area contributed by atoms with Crippen LogP contribution in [-0.4, -0.2) is 39.1 Å². The molecule has 1 unspecified atom stereocenters. The average Bonchev–Trinajstić information content (AvgIpc) is 2.46. The summed E-state index contributed by atoms with van der Waals surface area (Å²) in [6.45, 7) is 4.00. The zero-order chi connectivity index (χ0) is 14.4. The van der Waals surface area contributed by atoms with E-state index in [1.807, 2.05) is 31.2 Å². The molecule has 1 aliphatic heterocycles. The maximum absolute atomic E-state index is 12.1. The molecule has 4 nitrogen and oxygen atoms in total. The van der Waals surface area contributed by atoms with Gasteiger partial charge in [-0.25, -0.2) is 8.42 Å². The molecule has 1 atom stereocenters. The van der Waals surface area contributed by atoms with E-state index in [1.54, 1.807) is 0 Å². The second kappa shape index (κ2) is 7.09. The summed E-state index contributed by atoms with van der Waals surface area (Å²) < 4.78 is 29.9. The van der Waals surface area contributed by atoms with Crippen molar-refractivity contribution in [3.63, 3.8) is 0 Å². The summed E-state index contributed by atoms with van der Waals surface area (Å²) in [4.78, 5) is 0. The largest absolute Gasteiger partial charge is 0.494 e. The molecule has 1 heterocycles. The smallest absolute Gasteiger partial charge is 0.154 e. The minimum absolute atomic E-state index is 0.212. The summed E-state index contributed by atoms with van der Waals surface area (Å²) in [5, 5.41) is 2.94. The number of nitrogens with one attached hydrogen (secondary N) is 1. The molecule has 5 heteroatoms. The molecule has 0 radical (unpaired) electrons. The van der Waals surface area contributed by atoms with Crippen molar-refractivity contribution in [3.05, 3.63) is 29.8 Å². The highest BCUT2D eigenvalue weighted by atomic mass is 32.2. The van der Waals surface area contributed by atoms with Crippen LogP contribution in [0.5, 0.6) is 5.75 Å². The molecule has 0 aliphatic carbocycles. The lowest BCUT2D eigenvalue weighted by atomic mass is 10.2. The van der Waals surface area contributed by atoms with Crippen LogP contribution in [0.15, 0.2) is 24.3 Å². The third-order valence-corrected chi connectivity index (χ3v) is 5.90. The quantitative estimate of drug-likeness (QED) is 0.815. The van der Waals surface area contributed by atoms with E-state index in [-0.39, 0.29) is 11.0 Å². The molecule has 0 amide bonds. The summed E-state index contributed by atoms with van der Waals surface area (Å²) in [7, 11) is -2.99. The molecule has 1 N–H and O–H groups in total. The molecule has 2 rings (SSSR count). The summed E-state index contributed by atoms with van der Waals surface area (Å²) in [6.07, 6.45) is 2.28. The summed E-state index contributed by atoms with van der Waals surface area (Å²) in [5.41, 5.74) is 1.18. The van der Waals surface area contributed by atoms with Crippen molar-refractivity contribution in [1.82, 2.24) is 5.32 Å². The second-order valence-electron chi connectivity index (χ2n) is 5.35. The first-order valence-corrected chi connectivity index (χ1v) is 8.91. The maximum Gasteiger partial charge on any atom is 0.154 e. The highest BCUT2D eigenvalue weighted by Crippen LogP contribution is 2.15. The van der Waals surface area contributed by atoms with Crippen LogP contribution in [0.1, 0.15) is 24.8 Å². The fourth-order valence-electron chi connectivity index (χ4n) is 2.38. The summed E-state index contributed by atoms with van der Waals surface area (Å²) in [5.74, 6) is 1.01. The van der Waals surface area contributed by atoms with Gasteiger partial charge in [-0.15, -0.1) is 0 Å². The van der Waals surface area contributed by atoms with E-state index < -0.39 is 9.84 Å². The number of benzene rings is 1. The Kier molecular flexibility index (Phi) is 5.43. The third kappa shape index (κ3) is 4.49. The number of aryl methyl sites for hydroxylation is 1. The van der Waals surface area contributed by atoms with Crippen molar-refractivity contribution in [3.8, 4) is 5.75 Å². The van der Waals surface area contributed by atoms with E-state index in [1.165, 1.54) is 5.56 Å². The van der Waals surface area contributed by atoms with Gasteiger partial charge in [-0.1, -0.05) is 17.7 Å².